The third kappa shape index (κ3) is 7.21. The van der Waals surface area contributed by atoms with Crippen molar-refractivity contribution in [3.63, 3.8) is 0 Å². The number of rotatable bonds is 8. The maximum atomic E-state index is 11.5. The van der Waals surface area contributed by atoms with E-state index >= 15 is 0 Å². The van der Waals surface area contributed by atoms with Crippen LogP contribution in [0.1, 0.15) is 20.3 Å². The highest BCUT2D eigenvalue weighted by Crippen LogP contribution is 1.95. The fraction of sp³-hybridized carbons (Fsp3) is 0.900. The van der Waals surface area contributed by atoms with Gasteiger partial charge in [-0.3, -0.25) is 4.79 Å². The van der Waals surface area contributed by atoms with Gasteiger partial charge >= 0.3 is 0 Å². The smallest absolute Gasteiger partial charge is 0.224 e. The van der Waals surface area contributed by atoms with Crippen molar-refractivity contribution in [2.45, 2.75) is 20.3 Å². The summed E-state index contributed by atoms with van der Waals surface area (Å²) in [6.07, 6.45) is 3.14. The first-order valence-electron chi connectivity index (χ1n) is 5.19. The number of amides is 1. The molecule has 4 heteroatoms. The third-order valence-corrected chi connectivity index (χ3v) is 2.67. The summed E-state index contributed by atoms with van der Waals surface area (Å²) < 4.78 is 0. The Labute approximate surface area is 91.4 Å². The van der Waals surface area contributed by atoms with Gasteiger partial charge in [-0.1, -0.05) is 13.8 Å². The van der Waals surface area contributed by atoms with E-state index in [0.29, 0.717) is 0 Å². The first-order chi connectivity index (χ1) is 6.72. The van der Waals surface area contributed by atoms with Crippen LogP contribution in [0.4, 0.5) is 0 Å². The quantitative estimate of drug-likeness (QED) is 0.600. The molecule has 0 aromatic heterocycles. The van der Waals surface area contributed by atoms with Crippen LogP contribution in [-0.2, 0) is 4.79 Å². The van der Waals surface area contributed by atoms with E-state index in [4.69, 9.17) is 0 Å². The summed E-state index contributed by atoms with van der Waals surface area (Å²) in [5, 5.41) is 6.10. The number of hydrogen-bond acceptors (Lipinski definition) is 3. The summed E-state index contributed by atoms with van der Waals surface area (Å²) in [4.78, 5) is 11.5. The van der Waals surface area contributed by atoms with Gasteiger partial charge in [0.2, 0.25) is 5.91 Å². The van der Waals surface area contributed by atoms with Gasteiger partial charge in [-0.2, -0.15) is 11.8 Å². The van der Waals surface area contributed by atoms with Gasteiger partial charge in [-0.25, -0.2) is 0 Å². The number of nitrogens with one attached hydrogen (secondary N) is 2. The Morgan fingerprint density at radius 3 is 2.79 bits per heavy atom. The van der Waals surface area contributed by atoms with Gasteiger partial charge in [-0.05, 0) is 25.0 Å². The molecular weight excluding hydrogens is 196 g/mol. The molecule has 0 saturated heterocycles. The lowest BCUT2D eigenvalue weighted by Gasteiger charge is -2.11. The summed E-state index contributed by atoms with van der Waals surface area (Å²) in [7, 11) is 0. The number of thioether (sulfide) groups is 1. The minimum atomic E-state index is 0.0734. The average Bonchev–Trinajstić information content (AvgIpc) is 2.20. The molecular formula is C10H22N2OS. The lowest BCUT2D eigenvalue weighted by Crippen LogP contribution is -2.35. The lowest BCUT2D eigenvalue weighted by molar-refractivity contribution is -0.124. The van der Waals surface area contributed by atoms with Crippen molar-refractivity contribution in [3.05, 3.63) is 0 Å². The minimum absolute atomic E-state index is 0.0734. The summed E-state index contributed by atoms with van der Waals surface area (Å²) in [5.74, 6) is 1.35. The van der Waals surface area contributed by atoms with Gasteiger partial charge in [0.25, 0.3) is 0 Å². The minimum Gasteiger partial charge on any atom is -0.356 e. The molecule has 0 spiro atoms. The molecule has 0 aromatic carbocycles. The molecule has 0 aromatic rings. The van der Waals surface area contributed by atoms with E-state index in [2.05, 4.69) is 16.9 Å². The fourth-order valence-electron chi connectivity index (χ4n) is 1.06. The van der Waals surface area contributed by atoms with Crippen LogP contribution in [-0.4, -0.2) is 37.6 Å². The molecule has 84 valence electrons. The molecule has 0 saturated carbocycles. The first kappa shape index (κ1) is 13.8. The summed E-state index contributed by atoms with van der Waals surface area (Å²) in [5.41, 5.74) is 0. The maximum absolute atomic E-state index is 11.5. The van der Waals surface area contributed by atoms with Crippen LogP contribution in [0.2, 0.25) is 0 Å². The standard InChI is InChI=1S/C10H22N2OS/c1-4-11-8-9(2)10(13)12-6-5-7-14-3/h9,11H,4-8H2,1-3H3,(H,12,13). The van der Waals surface area contributed by atoms with Gasteiger partial charge < -0.3 is 10.6 Å². The second-order valence-corrected chi connectivity index (χ2v) is 4.33. The van der Waals surface area contributed by atoms with Gasteiger partial charge in [0.1, 0.15) is 0 Å². The Morgan fingerprint density at radius 2 is 2.21 bits per heavy atom. The maximum Gasteiger partial charge on any atom is 0.224 e. The van der Waals surface area contributed by atoms with Crippen molar-refractivity contribution in [2.24, 2.45) is 5.92 Å². The fourth-order valence-corrected chi connectivity index (χ4v) is 1.49. The van der Waals surface area contributed by atoms with Crippen molar-refractivity contribution in [1.82, 2.24) is 10.6 Å². The normalized spacial score (nSPS) is 12.5. The SMILES string of the molecule is CCNCC(C)C(=O)NCCCSC. The van der Waals surface area contributed by atoms with Crippen molar-refractivity contribution >= 4 is 17.7 Å². The predicted octanol–water partition coefficient (Wildman–Crippen LogP) is 1.10. The predicted molar refractivity (Wildman–Crippen MR) is 63.7 cm³/mol. The second kappa shape index (κ2) is 9.34. The van der Waals surface area contributed by atoms with E-state index in [9.17, 15) is 4.79 Å². The van der Waals surface area contributed by atoms with E-state index < -0.39 is 0 Å². The van der Waals surface area contributed by atoms with E-state index in [1.54, 1.807) is 0 Å². The molecule has 0 heterocycles. The van der Waals surface area contributed by atoms with Crippen LogP contribution in [0.25, 0.3) is 0 Å². The van der Waals surface area contributed by atoms with Crippen LogP contribution < -0.4 is 10.6 Å². The summed E-state index contributed by atoms with van der Waals surface area (Å²) in [6.45, 7) is 6.49. The molecule has 0 aliphatic rings. The Morgan fingerprint density at radius 1 is 1.50 bits per heavy atom. The Balaban J connectivity index is 3.42. The monoisotopic (exact) mass is 218 g/mol. The molecule has 0 aliphatic heterocycles. The first-order valence-corrected chi connectivity index (χ1v) is 6.59. The van der Waals surface area contributed by atoms with Gasteiger partial charge in [0, 0.05) is 19.0 Å². The molecule has 2 N–H and O–H groups in total. The largest absolute Gasteiger partial charge is 0.356 e. The van der Waals surface area contributed by atoms with Crippen LogP contribution in [0.3, 0.4) is 0 Å². The highest BCUT2D eigenvalue weighted by molar-refractivity contribution is 7.98. The van der Waals surface area contributed by atoms with Crippen molar-refractivity contribution in [1.29, 1.82) is 0 Å². The summed E-state index contributed by atoms with van der Waals surface area (Å²) >= 11 is 1.81. The van der Waals surface area contributed by atoms with Crippen LogP contribution >= 0.6 is 11.8 Å². The number of carbonyl (C=O) groups is 1. The molecule has 1 atom stereocenters. The average molecular weight is 218 g/mol. The van der Waals surface area contributed by atoms with E-state index in [1.807, 2.05) is 25.6 Å². The number of hydrogen-bond donors (Lipinski definition) is 2. The van der Waals surface area contributed by atoms with Crippen LogP contribution in [0.5, 0.6) is 0 Å². The van der Waals surface area contributed by atoms with Gasteiger partial charge in [0.05, 0.1) is 0 Å². The van der Waals surface area contributed by atoms with Crippen LogP contribution in [0, 0.1) is 5.92 Å². The number of carbonyl (C=O) groups excluding carboxylic acids is 1. The molecule has 0 rings (SSSR count). The third-order valence-electron chi connectivity index (χ3n) is 1.97. The van der Waals surface area contributed by atoms with Crippen molar-refractivity contribution < 1.29 is 4.79 Å². The lowest BCUT2D eigenvalue weighted by atomic mass is 10.1. The molecule has 0 radical (unpaired) electrons. The zero-order chi connectivity index (χ0) is 10.8. The van der Waals surface area contributed by atoms with Crippen molar-refractivity contribution in [3.8, 4) is 0 Å². The van der Waals surface area contributed by atoms with E-state index in [0.717, 1.165) is 31.8 Å². The van der Waals surface area contributed by atoms with E-state index in [1.165, 1.54) is 0 Å². The Kier molecular flexibility index (Phi) is 9.19. The van der Waals surface area contributed by atoms with Crippen molar-refractivity contribution in [2.75, 3.05) is 31.6 Å². The van der Waals surface area contributed by atoms with Crippen LogP contribution in [0.15, 0.2) is 0 Å². The highest BCUT2D eigenvalue weighted by Gasteiger charge is 2.10. The summed E-state index contributed by atoms with van der Waals surface area (Å²) in [6, 6.07) is 0. The molecule has 14 heavy (non-hydrogen) atoms. The molecule has 1 unspecified atom stereocenters. The molecule has 0 aliphatic carbocycles. The van der Waals surface area contributed by atoms with Gasteiger partial charge in [0.15, 0.2) is 0 Å². The van der Waals surface area contributed by atoms with E-state index in [-0.39, 0.29) is 11.8 Å². The molecule has 3 nitrogen and oxygen atoms in total. The topological polar surface area (TPSA) is 41.1 Å². The molecule has 1 amide bonds. The second-order valence-electron chi connectivity index (χ2n) is 3.35. The van der Waals surface area contributed by atoms with Gasteiger partial charge in [-0.15, -0.1) is 0 Å². The zero-order valence-electron chi connectivity index (χ0n) is 9.43. The Bertz CT molecular complexity index is 153. The molecule has 0 bridgehead atoms. The Hall–Kier alpha value is -0.220. The molecule has 0 fully saturated rings. The zero-order valence-corrected chi connectivity index (χ0v) is 10.2. The highest BCUT2D eigenvalue weighted by atomic mass is 32.2.